The van der Waals surface area contributed by atoms with Gasteiger partial charge in [-0.3, -0.25) is 14.5 Å². The topological polar surface area (TPSA) is 89.3 Å². The van der Waals surface area contributed by atoms with Crippen LogP contribution in [-0.4, -0.2) is 38.4 Å². The molecule has 2 N–H and O–H groups in total. The largest absolute Gasteiger partial charge is 0.506 e. The molecule has 0 saturated carbocycles. The number of nitrogens with zero attached hydrogens (tertiary/aromatic N) is 3. The molecule has 0 bridgehead atoms. The lowest BCUT2D eigenvalue weighted by Gasteiger charge is -2.18. The number of hydrogen-bond acceptors (Lipinski definition) is 5. The van der Waals surface area contributed by atoms with E-state index in [9.17, 15) is 9.90 Å². The van der Waals surface area contributed by atoms with Crippen LogP contribution in [0.4, 0.5) is 0 Å². The van der Waals surface area contributed by atoms with E-state index in [4.69, 9.17) is 4.74 Å². The monoisotopic (exact) mass is 302 g/mol. The first-order chi connectivity index (χ1) is 10.7. The van der Waals surface area contributed by atoms with Gasteiger partial charge in [-0.2, -0.15) is 5.10 Å². The van der Waals surface area contributed by atoms with Gasteiger partial charge >= 0.3 is 0 Å². The number of amides is 1. The van der Waals surface area contributed by atoms with E-state index in [1.165, 1.54) is 18.5 Å². The Kier molecular flexibility index (Phi) is 4.06. The van der Waals surface area contributed by atoms with Crippen molar-refractivity contribution in [1.82, 2.24) is 20.1 Å². The first-order valence-corrected chi connectivity index (χ1v) is 7.26. The standard InChI is InChI=1S/C15H18N4O3/c1-2-19-9-11(7-17-19)14-13(3-4-22-14)18-15(21)10-5-12(20)8-16-6-10/h5-9,13-14,20H,2-4H2,1H3,(H,18,21)/t13-,14+/m0/s1. The molecule has 0 aliphatic carbocycles. The predicted molar refractivity (Wildman–Crippen MR) is 78.4 cm³/mol. The molecule has 0 unspecified atom stereocenters. The molecule has 1 saturated heterocycles. The fourth-order valence-corrected chi connectivity index (χ4v) is 2.57. The Labute approximate surface area is 127 Å². The second-order valence-electron chi connectivity index (χ2n) is 5.22. The minimum Gasteiger partial charge on any atom is -0.506 e. The van der Waals surface area contributed by atoms with Crippen molar-refractivity contribution in [3.8, 4) is 5.75 Å². The van der Waals surface area contributed by atoms with Crippen LogP contribution >= 0.6 is 0 Å². The number of hydrogen-bond donors (Lipinski definition) is 2. The highest BCUT2D eigenvalue weighted by Gasteiger charge is 2.32. The summed E-state index contributed by atoms with van der Waals surface area (Å²) in [6.45, 7) is 3.39. The lowest BCUT2D eigenvalue weighted by Crippen LogP contribution is -2.36. The number of ether oxygens (including phenoxy) is 1. The van der Waals surface area contributed by atoms with E-state index >= 15 is 0 Å². The van der Waals surface area contributed by atoms with Gasteiger partial charge in [-0.25, -0.2) is 0 Å². The number of aromatic nitrogens is 3. The van der Waals surface area contributed by atoms with Crippen LogP contribution in [0, 0.1) is 0 Å². The van der Waals surface area contributed by atoms with E-state index in [0.717, 1.165) is 18.5 Å². The molecule has 1 aliphatic rings. The summed E-state index contributed by atoms with van der Waals surface area (Å²) in [4.78, 5) is 16.1. The lowest BCUT2D eigenvalue weighted by atomic mass is 10.0. The van der Waals surface area contributed by atoms with Gasteiger partial charge in [-0.05, 0) is 19.4 Å². The molecular weight excluding hydrogens is 284 g/mol. The molecular formula is C15H18N4O3. The summed E-state index contributed by atoms with van der Waals surface area (Å²) in [5.74, 6) is -0.303. The van der Waals surface area contributed by atoms with Crippen LogP contribution in [-0.2, 0) is 11.3 Å². The van der Waals surface area contributed by atoms with E-state index in [2.05, 4.69) is 15.4 Å². The molecule has 0 spiro atoms. The highest BCUT2D eigenvalue weighted by molar-refractivity contribution is 5.94. The third-order valence-corrected chi connectivity index (χ3v) is 3.70. The maximum absolute atomic E-state index is 12.3. The number of carbonyl (C=O) groups is 1. The van der Waals surface area contributed by atoms with E-state index in [1.807, 2.05) is 17.8 Å². The molecule has 7 nitrogen and oxygen atoms in total. The van der Waals surface area contributed by atoms with Gasteiger partial charge in [0, 0.05) is 31.1 Å². The number of aromatic hydroxyl groups is 1. The summed E-state index contributed by atoms with van der Waals surface area (Å²) in [6.07, 6.45) is 6.96. The van der Waals surface area contributed by atoms with Crippen LogP contribution in [0.5, 0.6) is 5.75 Å². The predicted octanol–water partition coefficient (Wildman–Crippen LogP) is 1.26. The Morgan fingerprint density at radius 2 is 2.36 bits per heavy atom. The van der Waals surface area contributed by atoms with Gasteiger partial charge in [-0.1, -0.05) is 0 Å². The summed E-state index contributed by atoms with van der Waals surface area (Å²) >= 11 is 0. The van der Waals surface area contributed by atoms with Crippen LogP contribution in [0.1, 0.15) is 35.4 Å². The minimum absolute atomic E-state index is 0.0314. The smallest absolute Gasteiger partial charge is 0.253 e. The van der Waals surface area contributed by atoms with Crippen molar-refractivity contribution in [3.05, 3.63) is 42.0 Å². The number of nitrogens with one attached hydrogen (secondary N) is 1. The van der Waals surface area contributed by atoms with E-state index in [1.54, 1.807) is 6.20 Å². The second kappa shape index (κ2) is 6.15. The first kappa shape index (κ1) is 14.5. The van der Waals surface area contributed by atoms with Gasteiger partial charge in [-0.15, -0.1) is 0 Å². The van der Waals surface area contributed by atoms with Crippen LogP contribution < -0.4 is 5.32 Å². The molecule has 2 atom stereocenters. The zero-order chi connectivity index (χ0) is 15.5. The lowest BCUT2D eigenvalue weighted by molar-refractivity contribution is 0.0821. The van der Waals surface area contributed by atoms with Gasteiger partial charge in [0.25, 0.3) is 5.91 Å². The third-order valence-electron chi connectivity index (χ3n) is 3.70. The summed E-state index contributed by atoms with van der Waals surface area (Å²) in [5.41, 5.74) is 1.29. The van der Waals surface area contributed by atoms with Crippen LogP contribution in [0.15, 0.2) is 30.9 Å². The third kappa shape index (κ3) is 2.94. The molecule has 0 radical (unpaired) electrons. The molecule has 1 aliphatic heterocycles. The average molecular weight is 302 g/mol. The second-order valence-corrected chi connectivity index (χ2v) is 5.22. The first-order valence-electron chi connectivity index (χ1n) is 7.26. The Balaban J connectivity index is 1.72. The fourth-order valence-electron chi connectivity index (χ4n) is 2.57. The normalized spacial score (nSPS) is 21.0. The van der Waals surface area contributed by atoms with Crippen LogP contribution in [0.3, 0.4) is 0 Å². The Bertz CT molecular complexity index is 670. The highest BCUT2D eigenvalue weighted by Crippen LogP contribution is 2.29. The summed E-state index contributed by atoms with van der Waals surface area (Å²) in [5, 5.41) is 16.6. The van der Waals surface area contributed by atoms with Crippen LogP contribution in [0.2, 0.25) is 0 Å². The average Bonchev–Trinajstić information content (AvgIpc) is 3.15. The molecule has 0 aromatic carbocycles. The van der Waals surface area contributed by atoms with Gasteiger partial charge < -0.3 is 15.2 Å². The van der Waals surface area contributed by atoms with Crippen molar-refractivity contribution in [2.24, 2.45) is 0 Å². The zero-order valence-corrected chi connectivity index (χ0v) is 12.3. The highest BCUT2D eigenvalue weighted by atomic mass is 16.5. The van der Waals surface area contributed by atoms with Gasteiger partial charge in [0.15, 0.2) is 0 Å². The Hall–Kier alpha value is -2.41. The van der Waals surface area contributed by atoms with Gasteiger partial charge in [0.2, 0.25) is 0 Å². The van der Waals surface area contributed by atoms with Crippen molar-refractivity contribution in [3.63, 3.8) is 0 Å². The number of pyridine rings is 1. The molecule has 1 fully saturated rings. The molecule has 116 valence electrons. The fraction of sp³-hybridized carbons (Fsp3) is 0.400. The Morgan fingerprint density at radius 3 is 3.09 bits per heavy atom. The van der Waals surface area contributed by atoms with Crippen molar-refractivity contribution in [2.75, 3.05) is 6.61 Å². The zero-order valence-electron chi connectivity index (χ0n) is 12.3. The minimum atomic E-state index is -0.271. The van der Waals surface area contributed by atoms with E-state index < -0.39 is 0 Å². The molecule has 3 heterocycles. The van der Waals surface area contributed by atoms with E-state index in [0.29, 0.717) is 12.2 Å². The summed E-state index contributed by atoms with van der Waals surface area (Å²) in [7, 11) is 0. The molecule has 1 amide bonds. The summed E-state index contributed by atoms with van der Waals surface area (Å²) < 4.78 is 7.57. The number of aryl methyl sites for hydroxylation is 1. The SMILES string of the molecule is CCn1cc([C@H]2OCC[C@@H]2NC(=O)c2cncc(O)c2)cn1. The quantitative estimate of drug-likeness (QED) is 0.887. The maximum Gasteiger partial charge on any atom is 0.253 e. The molecule has 7 heteroatoms. The van der Waals surface area contributed by atoms with Crippen molar-refractivity contribution >= 4 is 5.91 Å². The molecule has 2 aromatic heterocycles. The van der Waals surface area contributed by atoms with Crippen LogP contribution in [0.25, 0.3) is 0 Å². The Morgan fingerprint density at radius 1 is 1.50 bits per heavy atom. The van der Waals surface area contributed by atoms with Crippen molar-refractivity contribution < 1.29 is 14.6 Å². The van der Waals surface area contributed by atoms with Gasteiger partial charge in [0.05, 0.1) is 24.0 Å². The maximum atomic E-state index is 12.3. The molecule has 3 rings (SSSR count). The number of carbonyl (C=O) groups excluding carboxylic acids is 1. The molecule has 2 aromatic rings. The summed E-state index contributed by atoms with van der Waals surface area (Å²) in [6, 6.07) is 1.27. The van der Waals surface area contributed by atoms with Gasteiger partial charge in [0.1, 0.15) is 11.9 Å². The van der Waals surface area contributed by atoms with E-state index in [-0.39, 0.29) is 23.8 Å². The van der Waals surface area contributed by atoms with Crippen molar-refractivity contribution in [1.29, 1.82) is 0 Å². The number of rotatable bonds is 4. The molecule has 22 heavy (non-hydrogen) atoms. The van der Waals surface area contributed by atoms with Crippen molar-refractivity contribution in [2.45, 2.75) is 32.0 Å².